The molecule has 0 aliphatic rings. The van der Waals surface area contributed by atoms with Crippen LogP contribution < -0.4 is 0 Å². The summed E-state index contributed by atoms with van der Waals surface area (Å²) in [6.45, 7) is 9.37. The molecular weight excluding hydrogens is 231 g/mol. The van der Waals surface area contributed by atoms with E-state index in [2.05, 4.69) is 5.10 Å². The molecule has 4 heteroatoms. The molecule has 0 N–H and O–H groups in total. The van der Waals surface area contributed by atoms with Crippen molar-refractivity contribution in [3.63, 3.8) is 0 Å². The van der Waals surface area contributed by atoms with Gasteiger partial charge in [-0.25, -0.2) is 9.40 Å². The Labute approximate surface area is 107 Å². The van der Waals surface area contributed by atoms with E-state index in [9.17, 15) is 9.18 Å². The topological polar surface area (TPSA) is 32.7 Å². The van der Waals surface area contributed by atoms with Crippen LogP contribution in [0.5, 0.6) is 0 Å². The smallest absolute Gasteiger partial charge is 0.267 e. The van der Waals surface area contributed by atoms with Crippen molar-refractivity contribution >= 4 is 11.6 Å². The Balaban J connectivity index is 3.11. The van der Waals surface area contributed by atoms with E-state index in [-0.39, 0.29) is 11.7 Å². The third-order valence-electron chi connectivity index (χ3n) is 2.22. The quantitative estimate of drug-likeness (QED) is 0.584. The molecule has 0 aliphatic carbocycles. The molecule has 0 saturated carbocycles. The highest BCUT2D eigenvalue weighted by molar-refractivity contribution is 5.95. The molecule has 0 radical (unpaired) electrons. The van der Waals surface area contributed by atoms with Gasteiger partial charge in [0.05, 0.1) is 5.54 Å². The number of nitrogens with zero attached hydrogens (tertiary/aromatic N) is 2. The molecule has 0 atom stereocenters. The van der Waals surface area contributed by atoms with E-state index in [1.54, 1.807) is 0 Å². The number of carbonyl (C=O) groups is 1. The molecule has 0 unspecified atom stereocenters. The predicted molar refractivity (Wildman–Crippen MR) is 71.1 cm³/mol. The monoisotopic (exact) mass is 250 g/mol. The van der Waals surface area contributed by atoms with Gasteiger partial charge in [0.2, 0.25) is 0 Å². The van der Waals surface area contributed by atoms with Gasteiger partial charge in [-0.1, -0.05) is 0 Å². The van der Waals surface area contributed by atoms with Crippen molar-refractivity contribution in [2.75, 3.05) is 0 Å². The number of hydrogen-bond acceptors (Lipinski definition) is 2. The Morgan fingerprint density at radius 2 is 1.67 bits per heavy atom. The van der Waals surface area contributed by atoms with Crippen LogP contribution in [0, 0.1) is 5.82 Å². The second-order valence-electron chi connectivity index (χ2n) is 5.34. The molecule has 3 nitrogen and oxygen atoms in total. The van der Waals surface area contributed by atoms with E-state index < -0.39 is 5.54 Å². The Kier molecular flexibility index (Phi) is 4.22. The number of hydrazone groups is 1. The summed E-state index contributed by atoms with van der Waals surface area (Å²) < 4.78 is 12.8. The Morgan fingerprint density at radius 1 is 1.17 bits per heavy atom. The van der Waals surface area contributed by atoms with Crippen LogP contribution in [-0.4, -0.2) is 22.2 Å². The molecule has 0 heterocycles. The first-order valence-corrected chi connectivity index (χ1v) is 5.84. The summed E-state index contributed by atoms with van der Waals surface area (Å²) in [5.74, 6) is -0.590. The second kappa shape index (κ2) is 5.29. The fourth-order valence-corrected chi connectivity index (χ4v) is 1.41. The van der Waals surface area contributed by atoms with E-state index >= 15 is 0 Å². The zero-order valence-electron chi connectivity index (χ0n) is 11.5. The number of halogens is 1. The van der Waals surface area contributed by atoms with Gasteiger partial charge in [0.25, 0.3) is 5.91 Å². The lowest BCUT2D eigenvalue weighted by Gasteiger charge is -2.31. The number of rotatable bonds is 2. The summed E-state index contributed by atoms with van der Waals surface area (Å²) in [5.41, 5.74) is 0.791. The predicted octanol–water partition coefficient (Wildman–Crippen LogP) is 3.46. The molecule has 0 spiro atoms. The van der Waals surface area contributed by atoms with Crippen molar-refractivity contribution in [2.24, 2.45) is 5.10 Å². The van der Waals surface area contributed by atoms with E-state index in [1.165, 1.54) is 29.3 Å². The summed E-state index contributed by atoms with van der Waals surface area (Å²) >= 11 is 0. The number of benzene rings is 1. The van der Waals surface area contributed by atoms with Gasteiger partial charge in [-0.3, -0.25) is 4.79 Å². The first-order valence-electron chi connectivity index (χ1n) is 5.84. The summed E-state index contributed by atoms with van der Waals surface area (Å²) in [4.78, 5) is 12.3. The van der Waals surface area contributed by atoms with Gasteiger partial charge in [0.15, 0.2) is 0 Å². The fraction of sp³-hybridized carbons (Fsp3) is 0.429. The summed E-state index contributed by atoms with van der Waals surface area (Å²) in [5, 5.41) is 5.68. The molecule has 1 aromatic rings. The van der Waals surface area contributed by atoms with Gasteiger partial charge < -0.3 is 0 Å². The van der Waals surface area contributed by atoms with Gasteiger partial charge in [-0.05, 0) is 58.9 Å². The molecule has 1 rings (SSSR count). The van der Waals surface area contributed by atoms with E-state index in [1.807, 2.05) is 34.6 Å². The van der Waals surface area contributed by atoms with Crippen LogP contribution in [0.1, 0.15) is 45.0 Å². The molecule has 98 valence electrons. The van der Waals surface area contributed by atoms with Crippen molar-refractivity contribution < 1.29 is 9.18 Å². The maximum absolute atomic E-state index is 12.8. The molecule has 0 aliphatic heterocycles. The Morgan fingerprint density at radius 3 is 2.06 bits per heavy atom. The SMILES string of the molecule is CC(C)=NN(C(=O)c1ccc(F)cc1)C(C)(C)C. The average molecular weight is 250 g/mol. The molecule has 0 saturated heterocycles. The van der Waals surface area contributed by atoms with Crippen molar-refractivity contribution in [3.8, 4) is 0 Å². The highest BCUT2D eigenvalue weighted by Gasteiger charge is 2.27. The highest BCUT2D eigenvalue weighted by atomic mass is 19.1. The maximum atomic E-state index is 12.8. The number of hydrogen-bond donors (Lipinski definition) is 0. The largest absolute Gasteiger partial charge is 0.274 e. The van der Waals surface area contributed by atoms with E-state index in [0.29, 0.717) is 5.56 Å². The minimum atomic E-state index is -0.428. The van der Waals surface area contributed by atoms with E-state index in [0.717, 1.165) is 5.71 Å². The number of carbonyl (C=O) groups excluding carboxylic acids is 1. The Bertz CT molecular complexity index is 454. The third-order valence-corrected chi connectivity index (χ3v) is 2.22. The van der Waals surface area contributed by atoms with Crippen molar-refractivity contribution in [1.82, 2.24) is 5.01 Å². The molecule has 0 fully saturated rings. The van der Waals surface area contributed by atoms with Crippen LogP contribution in [-0.2, 0) is 0 Å². The molecule has 18 heavy (non-hydrogen) atoms. The molecule has 1 aromatic carbocycles. The molecule has 0 bridgehead atoms. The van der Waals surface area contributed by atoms with Gasteiger partial charge >= 0.3 is 0 Å². The minimum Gasteiger partial charge on any atom is -0.267 e. The zero-order chi connectivity index (χ0) is 13.9. The van der Waals surface area contributed by atoms with Gasteiger partial charge in [-0.2, -0.15) is 5.10 Å². The van der Waals surface area contributed by atoms with Crippen LogP contribution in [0.3, 0.4) is 0 Å². The summed E-state index contributed by atoms with van der Waals surface area (Å²) in [6.07, 6.45) is 0. The third kappa shape index (κ3) is 3.65. The first-order chi connectivity index (χ1) is 8.21. The van der Waals surface area contributed by atoms with Crippen LogP contribution in [0.25, 0.3) is 0 Å². The summed E-state index contributed by atoms with van der Waals surface area (Å²) in [6, 6.07) is 5.49. The standard InChI is InChI=1S/C14H19FN2O/c1-10(2)16-17(14(3,4)5)13(18)11-6-8-12(15)9-7-11/h6-9H,1-5H3. The summed E-state index contributed by atoms with van der Waals surface area (Å²) in [7, 11) is 0. The molecular formula is C14H19FN2O. The minimum absolute atomic E-state index is 0.233. The van der Waals surface area contributed by atoms with Crippen LogP contribution in [0.15, 0.2) is 29.4 Å². The van der Waals surface area contributed by atoms with Crippen molar-refractivity contribution in [3.05, 3.63) is 35.6 Å². The van der Waals surface area contributed by atoms with Crippen LogP contribution >= 0.6 is 0 Å². The van der Waals surface area contributed by atoms with E-state index in [4.69, 9.17) is 0 Å². The normalized spacial score (nSPS) is 11.0. The lowest BCUT2D eigenvalue weighted by Crippen LogP contribution is -2.42. The fourth-order valence-electron chi connectivity index (χ4n) is 1.41. The van der Waals surface area contributed by atoms with Crippen molar-refractivity contribution in [2.45, 2.75) is 40.2 Å². The second-order valence-corrected chi connectivity index (χ2v) is 5.34. The highest BCUT2D eigenvalue weighted by Crippen LogP contribution is 2.18. The van der Waals surface area contributed by atoms with Gasteiger partial charge in [-0.15, -0.1) is 0 Å². The lowest BCUT2D eigenvalue weighted by atomic mass is 10.1. The van der Waals surface area contributed by atoms with Crippen LogP contribution in [0.4, 0.5) is 4.39 Å². The van der Waals surface area contributed by atoms with Gasteiger partial charge in [0, 0.05) is 11.3 Å². The zero-order valence-corrected chi connectivity index (χ0v) is 11.5. The average Bonchev–Trinajstić information content (AvgIpc) is 2.24. The van der Waals surface area contributed by atoms with Crippen molar-refractivity contribution in [1.29, 1.82) is 0 Å². The van der Waals surface area contributed by atoms with Crippen LogP contribution in [0.2, 0.25) is 0 Å². The number of amides is 1. The lowest BCUT2D eigenvalue weighted by molar-refractivity contribution is 0.0591. The first kappa shape index (κ1) is 14.4. The molecule has 1 amide bonds. The Hall–Kier alpha value is -1.71. The molecule has 0 aromatic heterocycles. The van der Waals surface area contributed by atoms with Gasteiger partial charge in [0.1, 0.15) is 5.82 Å². The maximum Gasteiger partial charge on any atom is 0.274 e.